The van der Waals surface area contributed by atoms with Crippen LogP contribution in [0, 0.1) is 6.92 Å². The predicted molar refractivity (Wildman–Crippen MR) is 130 cm³/mol. The Labute approximate surface area is 222 Å². The lowest BCUT2D eigenvalue weighted by Crippen LogP contribution is -2.57. The largest absolute Gasteiger partial charge is 0.496 e. The van der Waals surface area contributed by atoms with Crippen molar-refractivity contribution in [2.24, 2.45) is 0 Å². The van der Waals surface area contributed by atoms with Gasteiger partial charge in [-0.15, -0.1) is 0 Å². The number of benzene rings is 2. The number of carbonyl (C=O) groups excluding carboxylic acids is 2. The number of nitrogens with zero attached hydrogens (tertiary/aromatic N) is 3. The highest BCUT2D eigenvalue weighted by Gasteiger charge is 2.46. The third kappa shape index (κ3) is 5.38. The minimum Gasteiger partial charge on any atom is -0.496 e. The van der Waals surface area contributed by atoms with E-state index in [0.717, 1.165) is 16.0 Å². The van der Waals surface area contributed by atoms with Crippen LogP contribution in [0.15, 0.2) is 36.4 Å². The second-order valence-electron chi connectivity index (χ2n) is 9.91. The highest BCUT2D eigenvalue weighted by atomic mass is 19.4. The minimum absolute atomic E-state index is 0.0250. The van der Waals surface area contributed by atoms with Gasteiger partial charge in [-0.2, -0.15) is 26.3 Å². The molecule has 212 valence electrons. The van der Waals surface area contributed by atoms with Crippen molar-refractivity contribution in [1.82, 2.24) is 14.7 Å². The summed E-state index contributed by atoms with van der Waals surface area (Å²) in [6.07, 6.45) is -9.17. The van der Waals surface area contributed by atoms with Crippen LogP contribution in [0.25, 0.3) is 0 Å². The summed E-state index contributed by atoms with van der Waals surface area (Å²) in [5, 5.41) is 0. The predicted octanol–water partition coefficient (Wildman–Crippen LogP) is 6.20. The van der Waals surface area contributed by atoms with Crippen molar-refractivity contribution < 1.29 is 40.7 Å². The quantitative estimate of drug-likeness (QED) is 0.421. The Morgan fingerprint density at radius 2 is 1.67 bits per heavy atom. The van der Waals surface area contributed by atoms with Gasteiger partial charge >= 0.3 is 18.4 Å². The normalized spacial score (nSPS) is 20.6. The van der Waals surface area contributed by atoms with Crippen LogP contribution in [-0.2, 0) is 17.1 Å². The molecule has 2 aliphatic rings. The molecule has 2 aromatic carbocycles. The molecule has 0 saturated carbocycles. The van der Waals surface area contributed by atoms with Gasteiger partial charge in [0.15, 0.2) is 0 Å². The number of hydrogen-bond donors (Lipinski definition) is 0. The number of halogens is 6. The molecule has 0 bridgehead atoms. The molecule has 2 saturated heterocycles. The van der Waals surface area contributed by atoms with Gasteiger partial charge in [0.2, 0.25) is 5.91 Å². The summed E-state index contributed by atoms with van der Waals surface area (Å²) in [4.78, 5) is 30.8. The summed E-state index contributed by atoms with van der Waals surface area (Å²) < 4.78 is 86.1. The first-order chi connectivity index (χ1) is 18.1. The molecule has 4 rings (SSSR count). The average Bonchev–Trinajstić information content (AvgIpc) is 3.26. The third-order valence-electron chi connectivity index (χ3n) is 7.74. The van der Waals surface area contributed by atoms with Crippen molar-refractivity contribution in [1.29, 1.82) is 0 Å². The van der Waals surface area contributed by atoms with E-state index in [1.54, 1.807) is 21.9 Å². The summed E-state index contributed by atoms with van der Waals surface area (Å²) in [7, 11) is 2.86. The number of piperazine rings is 1. The molecule has 6 nitrogen and oxygen atoms in total. The lowest BCUT2D eigenvalue weighted by Gasteiger charge is -2.47. The van der Waals surface area contributed by atoms with Gasteiger partial charge in [0, 0.05) is 26.6 Å². The molecule has 0 spiro atoms. The summed E-state index contributed by atoms with van der Waals surface area (Å²) in [5.74, 6) is 0.565. The fourth-order valence-corrected chi connectivity index (χ4v) is 5.51. The molecule has 2 fully saturated rings. The number of alkyl halides is 6. The lowest BCUT2D eigenvalue weighted by atomic mass is 9.90. The molecule has 3 amide bonds. The van der Waals surface area contributed by atoms with E-state index in [-0.39, 0.29) is 36.7 Å². The second kappa shape index (κ2) is 10.3. The average molecular weight is 558 g/mol. The van der Waals surface area contributed by atoms with Crippen molar-refractivity contribution in [3.63, 3.8) is 0 Å². The smallest absolute Gasteiger partial charge is 0.416 e. The molecule has 0 N–H and O–H groups in total. The van der Waals surface area contributed by atoms with Crippen LogP contribution in [0.3, 0.4) is 0 Å². The Kier molecular flexibility index (Phi) is 7.52. The number of rotatable bonds is 4. The van der Waals surface area contributed by atoms with Crippen molar-refractivity contribution in [3.8, 4) is 5.75 Å². The van der Waals surface area contributed by atoms with Gasteiger partial charge in [-0.3, -0.25) is 4.79 Å². The van der Waals surface area contributed by atoms with Crippen molar-refractivity contribution in [2.75, 3.05) is 27.2 Å². The highest BCUT2D eigenvalue weighted by Crippen LogP contribution is 2.42. The fraction of sp³-hybridized carbons (Fsp3) is 0.481. The molecule has 0 radical (unpaired) electrons. The Bertz CT molecular complexity index is 1230. The van der Waals surface area contributed by atoms with E-state index in [0.29, 0.717) is 30.7 Å². The van der Waals surface area contributed by atoms with E-state index in [1.165, 1.54) is 21.1 Å². The Morgan fingerprint density at radius 1 is 1.05 bits per heavy atom. The number of carbonyl (C=O) groups is 2. The minimum atomic E-state index is -5.00. The van der Waals surface area contributed by atoms with Crippen LogP contribution in [-0.4, -0.2) is 59.9 Å². The van der Waals surface area contributed by atoms with Crippen molar-refractivity contribution >= 4 is 11.9 Å². The molecule has 1 unspecified atom stereocenters. The van der Waals surface area contributed by atoms with E-state index in [1.807, 2.05) is 13.0 Å². The monoisotopic (exact) mass is 557 g/mol. The van der Waals surface area contributed by atoms with E-state index in [4.69, 9.17) is 4.74 Å². The first-order valence-electron chi connectivity index (χ1n) is 12.4. The number of amides is 3. The zero-order chi connectivity index (χ0) is 28.9. The summed E-state index contributed by atoms with van der Waals surface area (Å²) >= 11 is 0. The van der Waals surface area contributed by atoms with Gasteiger partial charge in [-0.05, 0) is 61.2 Å². The Balaban J connectivity index is 1.72. The van der Waals surface area contributed by atoms with Crippen molar-refractivity contribution in [3.05, 3.63) is 64.2 Å². The molecule has 0 aromatic heterocycles. The maximum atomic E-state index is 13.9. The molecule has 2 aromatic rings. The summed E-state index contributed by atoms with van der Waals surface area (Å²) in [6, 6.07) is 4.14. The first kappa shape index (κ1) is 28.6. The topological polar surface area (TPSA) is 53.1 Å². The SMILES string of the molecule is COc1cccc([C@H]2[C@@H]3CCC(=O)N3CCN2C(=O)N(C)C(C)c2cc(C(F)(F)F)cc(C(F)(F)F)c2)c1C. The van der Waals surface area contributed by atoms with E-state index < -0.39 is 41.6 Å². The molecule has 3 atom stereocenters. The van der Waals surface area contributed by atoms with Crippen molar-refractivity contribution in [2.45, 2.75) is 57.2 Å². The zero-order valence-corrected chi connectivity index (χ0v) is 21.9. The number of fused-ring (bicyclic) bond motifs is 1. The van der Waals surface area contributed by atoms with E-state index in [2.05, 4.69) is 0 Å². The van der Waals surface area contributed by atoms with Gasteiger partial charge in [0.25, 0.3) is 0 Å². The van der Waals surface area contributed by atoms with E-state index >= 15 is 0 Å². The van der Waals surface area contributed by atoms with Crippen LogP contribution in [0.4, 0.5) is 31.1 Å². The Hall–Kier alpha value is -3.44. The second-order valence-corrected chi connectivity index (χ2v) is 9.91. The van der Waals surface area contributed by atoms with Gasteiger partial charge in [-0.1, -0.05) is 12.1 Å². The van der Waals surface area contributed by atoms with Crippen LogP contribution >= 0.6 is 0 Å². The standard InChI is InChI=1S/C27H29F6N3O3/c1-15-20(6-5-7-22(15)39-4)24-21-8-9-23(37)35(21)10-11-36(24)25(38)34(3)16(2)17-12-18(26(28,29)30)14-19(13-17)27(31,32)33/h5-7,12-14,16,21,24H,8-11H2,1-4H3/t16?,21-,24-/m0/s1. The first-order valence-corrected chi connectivity index (χ1v) is 12.4. The Morgan fingerprint density at radius 3 is 2.23 bits per heavy atom. The van der Waals surface area contributed by atoms with Crippen LogP contribution in [0.2, 0.25) is 0 Å². The molecule has 12 heteroatoms. The maximum Gasteiger partial charge on any atom is 0.416 e. The number of ether oxygens (including phenoxy) is 1. The third-order valence-corrected chi connectivity index (χ3v) is 7.74. The molecular weight excluding hydrogens is 528 g/mol. The number of methoxy groups -OCH3 is 1. The van der Waals surface area contributed by atoms with Gasteiger partial charge in [0.05, 0.1) is 36.4 Å². The number of hydrogen-bond acceptors (Lipinski definition) is 3. The molecular formula is C27H29F6N3O3. The summed E-state index contributed by atoms with van der Waals surface area (Å²) in [5.41, 5.74) is -1.65. The molecule has 0 aliphatic carbocycles. The lowest BCUT2D eigenvalue weighted by molar-refractivity contribution is -0.143. The fourth-order valence-electron chi connectivity index (χ4n) is 5.51. The molecule has 2 aliphatic heterocycles. The highest BCUT2D eigenvalue weighted by molar-refractivity contribution is 5.81. The van der Waals surface area contributed by atoms with E-state index in [9.17, 15) is 35.9 Å². The number of urea groups is 1. The van der Waals surface area contributed by atoms with Crippen LogP contribution < -0.4 is 4.74 Å². The van der Waals surface area contributed by atoms with Crippen LogP contribution in [0.5, 0.6) is 5.75 Å². The summed E-state index contributed by atoms with van der Waals surface area (Å²) in [6.45, 7) is 3.64. The van der Waals surface area contributed by atoms with Gasteiger partial charge in [0.1, 0.15) is 5.75 Å². The van der Waals surface area contributed by atoms with Crippen LogP contribution in [0.1, 0.15) is 59.7 Å². The van der Waals surface area contributed by atoms with Gasteiger partial charge in [-0.25, -0.2) is 4.79 Å². The molecule has 2 heterocycles. The maximum absolute atomic E-state index is 13.9. The zero-order valence-electron chi connectivity index (χ0n) is 21.9. The molecule has 39 heavy (non-hydrogen) atoms. The van der Waals surface area contributed by atoms with Gasteiger partial charge < -0.3 is 19.4 Å².